The molecular formula is C25H25F3N6O3. The first kappa shape index (κ1) is 23.7. The number of alkyl halides is 3. The molecule has 9 nitrogen and oxygen atoms in total. The summed E-state index contributed by atoms with van der Waals surface area (Å²) in [5.74, 6) is -0.228. The zero-order valence-electron chi connectivity index (χ0n) is 19.9. The van der Waals surface area contributed by atoms with Crippen molar-refractivity contribution in [1.29, 1.82) is 0 Å². The van der Waals surface area contributed by atoms with Crippen LogP contribution in [0.2, 0.25) is 0 Å². The Bertz CT molecular complexity index is 1340. The molecule has 1 aromatic carbocycles. The maximum Gasteiger partial charge on any atom is 0.422 e. The van der Waals surface area contributed by atoms with E-state index < -0.39 is 12.8 Å². The van der Waals surface area contributed by atoms with E-state index in [-0.39, 0.29) is 41.1 Å². The van der Waals surface area contributed by atoms with Crippen LogP contribution >= 0.6 is 0 Å². The molecule has 6 rings (SSSR count). The topological polar surface area (TPSA) is 104 Å². The van der Waals surface area contributed by atoms with Crippen molar-refractivity contribution in [2.24, 2.45) is 17.8 Å². The van der Waals surface area contributed by atoms with E-state index in [0.29, 0.717) is 43.4 Å². The molecule has 4 heterocycles. The van der Waals surface area contributed by atoms with Crippen molar-refractivity contribution in [3.05, 3.63) is 47.4 Å². The van der Waals surface area contributed by atoms with Gasteiger partial charge in [-0.2, -0.15) is 13.2 Å². The van der Waals surface area contributed by atoms with Crippen LogP contribution < -0.4 is 4.74 Å². The van der Waals surface area contributed by atoms with Crippen molar-refractivity contribution in [2.45, 2.75) is 25.4 Å². The lowest BCUT2D eigenvalue weighted by molar-refractivity contribution is -0.153. The predicted octanol–water partition coefficient (Wildman–Crippen LogP) is 2.63. The molecule has 0 bridgehead atoms. The Kier molecular flexibility index (Phi) is 5.76. The number of benzene rings is 1. The number of hydrogen-bond donors (Lipinski definition) is 1. The Labute approximate surface area is 210 Å². The summed E-state index contributed by atoms with van der Waals surface area (Å²) in [6.07, 6.45) is -2.41. The number of aromatic nitrogens is 4. The molecule has 3 aliphatic rings. The van der Waals surface area contributed by atoms with Crippen LogP contribution in [0.3, 0.4) is 0 Å². The summed E-state index contributed by atoms with van der Waals surface area (Å²) in [6.45, 7) is 0.622. The molecule has 1 aliphatic carbocycles. The minimum absolute atomic E-state index is 0.0504. The molecule has 2 saturated heterocycles. The molecule has 0 spiro atoms. The Hall–Kier alpha value is -3.70. The number of likely N-dealkylation sites (tertiary alicyclic amines) is 2. The number of aryl methyl sites for hydroxylation is 1. The van der Waals surface area contributed by atoms with Crippen LogP contribution in [0.15, 0.2) is 30.3 Å². The van der Waals surface area contributed by atoms with Crippen LogP contribution in [-0.2, 0) is 17.6 Å². The second kappa shape index (κ2) is 9.00. The highest BCUT2D eigenvalue weighted by Gasteiger charge is 2.45. The highest BCUT2D eigenvalue weighted by Crippen LogP contribution is 2.35. The number of nitrogens with zero attached hydrogens (tertiary/aromatic N) is 5. The Morgan fingerprint density at radius 2 is 1.81 bits per heavy atom. The Morgan fingerprint density at radius 3 is 2.57 bits per heavy atom. The van der Waals surface area contributed by atoms with E-state index in [1.54, 1.807) is 35.2 Å². The molecular weight excluding hydrogens is 489 g/mol. The number of rotatable bonds is 4. The Morgan fingerprint density at radius 1 is 1.08 bits per heavy atom. The van der Waals surface area contributed by atoms with Gasteiger partial charge in [-0.25, -0.2) is 4.98 Å². The lowest BCUT2D eigenvalue weighted by Crippen LogP contribution is -2.40. The van der Waals surface area contributed by atoms with Gasteiger partial charge < -0.3 is 14.5 Å². The number of amides is 2. The summed E-state index contributed by atoms with van der Waals surface area (Å²) in [4.78, 5) is 34.3. The summed E-state index contributed by atoms with van der Waals surface area (Å²) in [5.41, 5.74) is 1.92. The third-order valence-electron chi connectivity index (χ3n) is 7.62. The average molecular weight is 515 g/mol. The summed E-state index contributed by atoms with van der Waals surface area (Å²) >= 11 is 0. The standard InChI is InChI=1S/C25H25F3N6O3/c26-25(27,28)13-37-22-18-4-2-1-3-14(18)7-21(29-22)24(36)34-11-16-9-33(10-17(16)12-34)23(35)15-5-6-19-20(8-15)31-32-30-19/h1-4,7,15-17H,5-6,8-13H2,(H,30,31,32)/t15-,16-,17-/m1/s1. The Balaban J connectivity index is 1.13. The van der Waals surface area contributed by atoms with Crippen LogP contribution in [0, 0.1) is 17.8 Å². The molecule has 12 heteroatoms. The van der Waals surface area contributed by atoms with Crippen LogP contribution in [0.25, 0.3) is 10.8 Å². The number of carbonyl (C=O) groups excluding carboxylic acids is 2. The van der Waals surface area contributed by atoms with E-state index in [4.69, 9.17) is 4.74 Å². The van der Waals surface area contributed by atoms with Gasteiger partial charge in [0, 0.05) is 55.7 Å². The third kappa shape index (κ3) is 4.60. The molecule has 2 amide bonds. The van der Waals surface area contributed by atoms with E-state index in [1.165, 1.54) is 0 Å². The molecule has 0 radical (unpaired) electrons. The van der Waals surface area contributed by atoms with Crippen molar-refractivity contribution in [1.82, 2.24) is 30.2 Å². The van der Waals surface area contributed by atoms with Gasteiger partial charge in [-0.15, -0.1) is 5.10 Å². The summed E-state index contributed by atoms with van der Waals surface area (Å²) in [7, 11) is 0. The number of fused-ring (bicyclic) bond motifs is 3. The monoisotopic (exact) mass is 514 g/mol. The minimum atomic E-state index is -4.52. The smallest absolute Gasteiger partial charge is 0.422 e. The van der Waals surface area contributed by atoms with Gasteiger partial charge in [0.25, 0.3) is 5.91 Å². The average Bonchev–Trinajstić information content (AvgIpc) is 3.60. The van der Waals surface area contributed by atoms with E-state index >= 15 is 0 Å². The SMILES string of the molecule is O=C(c1cc2ccccc2c(OCC(F)(F)F)n1)N1C[C@H]2CN(C(=O)[C@@H]3CCc4[nH]nnc4C3)C[C@@H]2C1. The molecule has 3 atom stereocenters. The molecule has 2 fully saturated rings. The highest BCUT2D eigenvalue weighted by atomic mass is 19.4. The molecule has 0 unspecified atom stereocenters. The summed E-state index contributed by atoms with van der Waals surface area (Å²) in [5, 5.41) is 11.8. The first-order chi connectivity index (χ1) is 17.7. The second-order valence-electron chi connectivity index (χ2n) is 10.1. The first-order valence-corrected chi connectivity index (χ1v) is 12.3. The van der Waals surface area contributed by atoms with Crippen molar-refractivity contribution < 1.29 is 27.5 Å². The van der Waals surface area contributed by atoms with Crippen molar-refractivity contribution in [3.63, 3.8) is 0 Å². The van der Waals surface area contributed by atoms with E-state index in [9.17, 15) is 22.8 Å². The summed E-state index contributed by atoms with van der Waals surface area (Å²) < 4.78 is 43.3. The zero-order valence-corrected chi connectivity index (χ0v) is 19.9. The fraction of sp³-hybridized carbons (Fsp3) is 0.480. The highest BCUT2D eigenvalue weighted by molar-refractivity contribution is 5.98. The number of aromatic amines is 1. The molecule has 3 aromatic rings. The zero-order chi connectivity index (χ0) is 25.7. The fourth-order valence-corrected chi connectivity index (χ4v) is 5.80. The third-order valence-corrected chi connectivity index (χ3v) is 7.62. The van der Waals surface area contributed by atoms with E-state index in [2.05, 4.69) is 20.4 Å². The molecule has 0 saturated carbocycles. The van der Waals surface area contributed by atoms with Crippen LogP contribution in [0.4, 0.5) is 13.2 Å². The van der Waals surface area contributed by atoms with Crippen molar-refractivity contribution >= 4 is 22.6 Å². The largest absolute Gasteiger partial charge is 0.468 e. The quantitative estimate of drug-likeness (QED) is 0.574. The number of nitrogens with one attached hydrogen (secondary N) is 1. The number of halogens is 3. The number of hydrogen-bond acceptors (Lipinski definition) is 6. The molecule has 1 N–H and O–H groups in total. The van der Waals surface area contributed by atoms with Gasteiger partial charge in [-0.1, -0.05) is 23.4 Å². The summed E-state index contributed by atoms with van der Waals surface area (Å²) in [6, 6.07) is 8.33. The van der Waals surface area contributed by atoms with E-state index in [1.807, 2.05) is 4.90 Å². The predicted molar refractivity (Wildman–Crippen MR) is 125 cm³/mol. The van der Waals surface area contributed by atoms with Gasteiger partial charge in [0.1, 0.15) is 5.69 Å². The first-order valence-electron chi connectivity index (χ1n) is 12.3. The lowest BCUT2D eigenvalue weighted by atomic mass is 9.89. The molecule has 2 aromatic heterocycles. The van der Waals surface area contributed by atoms with Gasteiger partial charge in [-0.05, 0) is 30.4 Å². The number of ether oxygens (including phenoxy) is 1. The number of H-pyrrole nitrogens is 1. The van der Waals surface area contributed by atoms with Gasteiger partial charge >= 0.3 is 6.18 Å². The van der Waals surface area contributed by atoms with Gasteiger partial charge in [0.15, 0.2) is 6.61 Å². The van der Waals surface area contributed by atoms with Crippen LogP contribution in [0.5, 0.6) is 5.88 Å². The molecule has 194 valence electrons. The van der Waals surface area contributed by atoms with Gasteiger partial charge in [0.05, 0.1) is 11.4 Å². The number of pyridine rings is 1. The van der Waals surface area contributed by atoms with Gasteiger partial charge in [-0.3, -0.25) is 14.7 Å². The minimum Gasteiger partial charge on any atom is -0.468 e. The van der Waals surface area contributed by atoms with Crippen LogP contribution in [-0.4, -0.2) is 81.0 Å². The number of carbonyl (C=O) groups is 2. The molecule has 2 aliphatic heterocycles. The normalized spacial score (nSPS) is 23.3. The van der Waals surface area contributed by atoms with Gasteiger partial charge in [0.2, 0.25) is 11.8 Å². The maximum absolute atomic E-state index is 13.3. The second-order valence-corrected chi connectivity index (χ2v) is 10.1. The van der Waals surface area contributed by atoms with Crippen molar-refractivity contribution in [2.75, 3.05) is 32.8 Å². The fourth-order valence-electron chi connectivity index (χ4n) is 5.80. The van der Waals surface area contributed by atoms with Crippen molar-refractivity contribution in [3.8, 4) is 5.88 Å². The van der Waals surface area contributed by atoms with E-state index in [0.717, 1.165) is 24.2 Å². The lowest BCUT2D eigenvalue weighted by Gasteiger charge is -2.27. The van der Waals surface area contributed by atoms with Crippen LogP contribution in [0.1, 0.15) is 28.3 Å². The molecule has 37 heavy (non-hydrogen) atoms. The maximum atomic E-state index is 13.3.